The standard InChI is InChI=1S/C26H18Cl2O6/c1-31-22-9-3-15(11-24(22)32-2)4-10-25(29)34-17-6-8-19-23(13-17)33-14-20(26(19)30)18-7-5-16(27)12-21(18)28/h3-14H,1-2H3/b10-4+. The summed E-state index contributed by atoms with van der Waals surface area (Å²) >= 11 is 12.2. The molecule has 0 fully saturated rings. The Morgan fingerprint density at radius 1 is 0.912 bits per heavy atom. The second kappa shape index (κ2) is 10.0. The van der Waals surface area contributed by atoms with E-state index in [1.165, 1.54) is 37.6 Å². The van der Waals surface area contributed by atoms with Gasteiger partial charge in [-0.25, -0.2) is 4.79 Å². The van der Waals surface area contributed by atoms with Gasteiger partial charge in [-0.3, -0.25) is 4.79 Å². The van der Waals surface area contributed by atoms with Crippen LogP contribution in [0.1, 0.15) is 5.56 Å². The van der Waals surface area contributed by atoms with Gasteiger partial charge in [0, 0.05) is 22.7 Å². The van der Waals surface area contributed by atoms with Crippen molar-refractivity contribution in [3.63, 3.8) is 0 Å². The van der Waals surface area contributed by atoms with E-state index in [9.17, 15) is 9.59 Å². The Kier molecular flexibility index (Phi) is 6.91. The lowest BCUT2D eigenvalue weighted by atomic mass is 10.1. The van der Waals surface area contributed by atoms with E-state index < -0.39 is 5.97 Å². The molecule has 3 aromatic carbocycles. The summed E-state index contributed by atoms with van der Waals surface area (Å²) in [5.41, 5.74) is 1.55. The van der Waals surface area contributed by atoms with E-state index in [0.717, 1.165) is 5.56 Å². The summed E-state index contributed by atoms with van der Waals surface area (Å²) in [7, 11) is 3.08. The topological polar surface area (TPSA) is 75.0 Å². The first kappa shape index (κ1) is 23.4. The predicted molar refractivity (Wildman–Crippen MR) is 132 cm³/mol. The predicted octanol–water partition coefficient (Wildman–Crippen LogP) is 6.40. The number of fused-ring (bicyclic) bond motifs is 1. The number of hydrogen-bond donors (Lipinski definition) is 0. The molecule has 4 rings (SSSR count). The monoisotopic (exact) mass is 496 g/mol. The number of carbonyl (C=O) groups excluding carboxylic acids is 1. The third-order valence-corrected chi connectivity index (χ3v) is 5.55. The summed E-state index contributed by atoms with van der Waals surface area (Å²) < 4.78 is 21.4. The van der Waals surface area contributed by atoms with Crippen molar-refractivity contribution in [2.75, 3.05) is 14.2 Å². The minimum atomic E-state index is -0.596. The van der Waals surface area contributed by atoms with Gasteiger partial charge < -0.3 is 18.6 Å². The van der Waals surface area contributed by atoms with E-state index in [0.29, 0.717) is 38.1 Å². The minimum absolute atomic E-state index is 0.231. The van der Waals surface area contributed by atoms with Gasteiger partial charge in [0.15, 0.2) is 11.5 Å². The summed E-state index contributed by atoms with van der Waals surface area (Å²) in [6, 6.07) is 14.6. The van der Waals surface area contributed by atoms with Crippen LogP contribution in [0, 0.1) is 0 Å². The molecule has 0 saturated carbocycles. The Balaban J connectivity index is 1.54. The number of ether oxygens (including phenoxy) is 3. The first-order valence-corrected chi connectivity index (χ1v) is 10.8. The van der Waals surface area contributed by atoms with E-state index >= 15 is 0 Å². The summed E-state index contributed by atoms with van der Waals surface area (Å²) in [6.45, 7) is 0. The normalized spacial score (nSPS) is 11.1. The molecule has 0 radical (unpaired) electrons. The van der Waals surface area contributed by atoms with Gasteiger partial charge in [0.05, 0.1) is 30.2 Å². The van der Waals surface area contributed by atoms with Crippen molar-refractivity contribution in [3.8, 4) is 28.4 Å². The molecule has 8 heteroatoms. The highest BCUT2D eigenvalue weighted by Gasteiger charge is 2.14. The van der Waals surface area contributed by atoms with Gasteiger partial charge in [0.1, 0.15) is 17.6 Å². The molecule has 0 spiro atoms. The molecule has 1 aromatic heterocycles. The first-order chi connectivity index (χ1) is 16.4. The van der Waals surface area contributed by atoms with Crippen molar-refractivity contribution >= 4 is 46.2 Å². The Hall–Kier alpha value is -3.74. The zero-order valence-electron chi connectivity index (χ0n) is 18.1. The van der Waals surface area contributed by atoms with E-state index in [1.807, 2.05) is 0 Å². The van der Waals surface area contributed by atoms with Gasteiger partial charge in [-0.05, 0) is 48.0 Å². The molecule has 6 nitrogen and oxygen atoms in total. The molecule has 0 saturated heterocycles. The average Bonchev–Trinajstić information content (AvgIpc) is 2.83. The van der Waals surface area contributed by atoms with Crippen molar-refractivity contribution in [1.82, 2.24) is 0 Å². The first-order valence-electron chi connectivity index (χ1n) is 10.0. The van der Waals surface area contributed by atoms with E-state index in [4.69, 9.17) is 41.8 Å². The second-order valence-corrected chi connectivity index (χ2v) is 7.97. The van der Waals surface area contributed by atoms with Crippen LogP contribution in [0.15, 0.2) is 76.1 Å². The Labute approximate surface area is 204 Å². The SMILES string of the molecule is COc1ccc(/C=C/C(=O)Oc2ccc3c(=O)c(-c4ccc(Cl)cc4Cl)coc3c2)cc1OC. The van der Waals surface area contributed by atoms with Crippen LogP contribution < -0.4 is 19.6 Å². The molecular weight excluding hydrogens is 479 g/mol. The lowest BCUT2D eigenvalue weighted by molar-refractivity contribution is -0.128. The Morgan fingerprint density at radius 3 is 2.44 bits per heavy atom. The lowest BCUT2D eigenvalue weighted by Crippen LogP contribution is -2.07. The highest BCUT2D eigenvalue weighted by atomic mass is 35.5. The maximum atomic E-state index is 13.0. The van der Waals surface area contributed by atoms with Crippen LogP contribution in [-0.4, -0.2) is 20.2 Å². The molecule has 0 atom stereocenters. The van der Waals surface area contributed by atoms with Gasteiger partial charge in [-0.1, -0.05) is 35.3 Å². The second-order valence-electron chi connectivity index (χ2n) is 7.13. The summed E-state index contributed by atoms with van der Waals surface area (Å²) in [5, 5.41) is 1.13. The number of methoxy groups -OCH3 is 2. The third kappa shape index (κ3) is 4.93. The maximum absolute atomic E-state index is 13.0. The molecule has 0 amide bonds. The zero-order chi connectivity index (χ0) is 24.2. The molecule has 34 heavy (non-hydrogen) atoms. The van der Waals surface area contributed by atoms with Crippen LogP contribution in [0.2, 0.25) is 10.0 Å². The fraction of sp³-hybridized carbons (Fsp3) is 0.0769. The van der Waals surface area contributed by atoms with Crippen LogP contribution >= 0.6 is 23.2 Å². The van der Waals surface area contributed by atoms with Crippen LogP contribution in [0.3, 0.4) is 0 Å². The molecule has 0 N–H and O–H groups in total. The van der Waals surface area contributed by atoms with Crippen molar-refractivity contribution < 1.29 is 23.4 Å². The van der Waals surface area contributed by atoms with Crippen molar-refractivity contribution in [3.05, 3.63) is 92.8 Å². The molecule has 172 valence electrons. The minimum Gasteiger partial charge on any atom is -0.493 e. The molecule has 4 aromatic rings. The van der Waals surface area contributed by atoms with E-state index in [1.54, 1.807) is 49.6 Å². The van der Waals surface area contributed by atoms with Crippen molar-refractivity contribution in [2.24, 2.45) is 0 Å². The van der Waals surface area contributed by atoms with Gasteiger partial charge in [-0.15, -0.1) is 0 Å². The molecule has 0 aliphatic carbocycles. The molecule has 0 unspecified atom stereocenters. The highest BCUT2D eigenvalue weighted by Crippen LogP contribution is 2.31. The number of esters is 1. The number of halogens is 2. The third-order valence-electron chi connectivity index (χ3n) is 5.01. The fourth-order valence-corrected chi connectivity index (χ4v) is 3.85. The van der Waals surface area contributed by atoms with E-state index in [-0.39, 0.29) is 16.8 Å². The number of rotatable bonds is 6. The molecule has 0 aliphatic rings. The van der Waals surface area contributed by atoms with Crippen molar-refractivity contribution in [2.45, 2.75) is 0 Å². The smallest absolute Gasteiger partial charge is 0.336 e. The van der Waals surface area contributed by atoms with Gasteiger partial charge >= 0.3 is 5.97 Å². The highest BCUT2D eigenvalue weighted by molar-refractivity contribution is 6.36. The van der Waals surface area contributed by atoms with Crippen molar-refractivity contribution in [1.29, 1.82) is 0 Å². The van der Waals surface area contributed by atoms with E-state index in [2.05, 4.69) is 0 Å². The molecular formula is C26H18Cl2O6. The largest absolute Gasteiger partial charge is 0.493 e. The van der Waals surface area contributed by atoms with Crippen LogP contribution in [0.4, 0.5) is 0 Å². The number of benzene rings is 3. The molecule has 1 heterocycles. The quantitative estimate of drug-likeness (QED) is 0.174. The lowest BCUT2D eigenvalue weighted by Gasteiger charge is -2.08. The van der Waals surface area contributed by atoms with Crippen LogP contribution in [0.5, 0.6) is 17.2 Å². The van der Waals surface area contributed by atoms with Gasteiger partial charge in [-0.2, -0.15) is 0 Å². The fourth-order valence-electron chi connectivity index (χ4n) is 3.34. The number of carbonyl (C=O) groups is 1. The summed E-state index contributed by atoms with van der Waals surface area (Å²) in [4.78, 5) is 25.3. The zero-order valence-corrected chi connectivity index (χ0v) is 19.6. The Morgan fingerprint density at radius 2 is 1.71 bits per heavy atom. The van der Waals surface area contributed by atoms with Crippen LogP contribution in [0.25, 0.3) is 28.2 Å². The summed E-state index contributed by atoms with van der Waals surface area (Å²) in [5.74, 6) is 0.763. The molecule has 0 aliphatic heterocycles. The van der Waals surface area contributed by atoms with Crippen LogP contribution in [-0.2, 0) is 4.79 Å². The average molecular weight is 497 g/mol. The molecule has 0 bridgehead atoms. The van der Waals surface area contributed by atoms with Gasteiger partial charge in [0.2, 0.25) is 5.43 Å². The van der Waals surface area contributed by atoms with Gasteiger partial charge in [0.25, 0.3) is 0 Å². The summed E-state index contributed by atoms with van der Waals surface area (Å²) in [6.07, 6.45) is 4.20. The Bertz CT molecular complexity index is 1470. The maximum Gasteiger partial charge on any atom is 0.336 e. The number of hydrogen-bond acceptors (Lipinski definition) is 6.